The van der Waals surface area contributed by atoms with Crippen molar-refractivity contribution in [3.05, 3.63) is 190 Å². The predicted octanol–water partition coefficient (Wildman–Crippen LogP) is 15.6. The van der Waals surface area contributed by atoms with Crippen LogP contribution in [0.3, 0.4) is 0 Å². The Balaban J connectivity index is 1.34. The van der Waals surface area contributed by atoms with Crippen LogP contribution in [0.15, 0.2) is 146 Å². The third kappa shape index (κ3) is 6.19. The number of aromatic nitrogens is 2. The molecule has 0 saturated carbocycles. The predicted molar refractivity (Wildman–Crippen MR) is 250 cm³/mol. The van der Waals surface area contributed by atoms with E-state index in [2.05, 4.69) is 96.1 Å². The van der Waals surface area contributed by atoms with E-state index in [1.54, 1.807) is 18.2 Å². The Hall–Kier alpha value is -7.36. The molecule has 6 heteroatoms. The third-order valence-electron chi connectivity index (χ3n) is 12.5. The molecule has 3 nitrogen and oxygen atoms in total. The fourth-order valence-electron chi connectivity index (χ4n) is 10.2. The van der Waals surface area contributed by atoms with Gasteiger partial charge in [0.15, 0.2) is 0 Å². The minimum absolute atomic E-state index is 0.361. The molecule has 10 aromatic rings. The van der Waals surface area contributed by atoms with Crippen molar-refractivity contribution in [2.24, 2.45) is 0 Å². The van der Waals surface area contributed by atoms with Gasteiger partial charge in [0.2, 0.25) is 0 Å². The van der Waals surface area contributed by atoms with Crippen molar-refractivity contribution >= 4 is 43.6 Å². The zero-order valence-electron chi connectivity index (χ0n) is 35.3. The van der Waals surface area contributed by atoms with E-state index in [0.717, 1.165) is 88.1 Å². The van der Waals surface area contributed by atoms with Crippen molar-refractivity contribution in [3.8, 4) is 50.8 Å². The highest BCUT2D eigenvalue weighted by Gasteiger charge is 2.34. The number of rotatable bonds is 5. The fourth-order valence-corrected chi connectivity index (χ4v) is 10.2. The second kappa shape index (κ2) is 14.4. The van der Waals surface area contributed by atoms with Crippen molar-refractivity contribution in [2.45, 2.75) is 47.7 Å². The van der Waals surface area contributed by atoms with Crippen LogP contribution in [0.4, 0.5) is 13.2 Å². The highest BCUT2D eigenvalue weighted by Crippen LogP contribution is 2.46. The molecule has 0 fully saturated rings. The molecule has 302 valence electrons. The van der Waals surface area contributed by atoms with Crippen molar-refractivity contribution in [1.29, 1.82) is 5.26 Å². The van der Waals surface area contributed by atoms with Crippen LogP contribution in [-0.4, -0.2) is 9.13 Å². The summed E-state index contributed by atoms with van der Waals surface area (Å²) in [4.78, 5) is 0. The first-order chi connectivity index (χ1) is 29.8. The maximum atomic E-state index is 15.6. The zero-order valence-corrected chi connectivity index (χ0v) is 35.3. The molecule has 0 saturated heterocycles. The number of nitrogens with zero attached hydrogens (tertiary/aromatic N) is 3. The quantitative estimate of drug-likeness (QED) is 0.170. The van der Waals surface area contributed by atoms with Crippen molar-refractivity contribution in [2.75, 3.05) is 0 Å². The van der Waals surface area contributed by atoms with Gasteiger partial charge in [-0.3, -0.25) is 0 Å². The molecule has 2 heterocycles. The smallest absolute Gasteiger partial charge is 0.309 e. The number of fused-ring (bicyclic) bond motifs is 6. The summed E-state index contributed by atoms with van der Waals surface area (Å²) >= 11 is 0. The largest absolute Gasteiger partial charge is 0.416 e. The van der Waals surface area contributed by atoms with Gasteiger partial charge in [-0.15, -0.1) is 0 Å². The second-order valence-electron chi connectivity index (χ2n) is 16.8. The normalized spacial score (nSPS) is 11.9. The number of nitriles is 1. The minimum atomic E-state index is -4.69. The summed E-state index contributed by atoms with van der Waals surface area (Å²) in [6.07, 6.45) is -4.69. The van der Waals surface area contributed by atoms with E-state index in [0.29, 0.717) is 28.1 Å². The van der Waals surface area contributed by atoms with Crippen molar-refractivity contribution < 1.29 is 13.2 Å². The van der Waals surface area contributed by atoms with Crippen LogP contribution in [0.25, 0.3) is 88.4 Å². The summed E-state index contributed by atoms with van der Waals surface area (Å²) in [6, 6.07) is 49.2. The molecule has 0 aliphatic heterocycles. The molecule has 2 aromatic heterocycles. The number of aryl methyl sites for hydroxylation is 6. The van der Waals surface area contributed by atoms with Crippen LogP contribution in [0.1, 0.15) is 44.5 Å². The van der Waals surface area contributed by atoms with Gasteiger partial charge < -0.3 is 9.13 Å². The van der Waals surface area contributed by atoms with E-state index < -0.39 is 11.7 Å². The number of hydrogen-bond acceptors (Lipinski definition) is 1. The first-order valence-corrected chi connectivity index (χ1v) is 20.8. The van der Waals surface area contributed by atoms with Gasteiger partial charge in [-0.1, -0.05) is 96.1 Å². The molecule has 0 aliphatic rings. The second-order valence-corrected chi connectivity index (χ2v) is 16.8. The highest BCUT2D eigenvalue weighted by atomic mass is 19.4. The molecule has 62 heavy (non-hydrogen) atoms. The molecule has 10 rings (SSSR count). The van der Waals surface area contributed by atoms with Gasteiger partial charge in [-0.2, -0.15) is 18.4 Å². The molecule has 0 N–H and O–H groups in total. The van der Waals surface area contributed by atoms with E-state index in [-0.39, 0.29) is 0 Å². The number of hydrogen-bond donors (Lipinski definition) is 0. The molecule has 0 spiro atoms. The molecule has 0 unspecified atom stereocenters. The van der Waals surface area contributed by atoms with Crippen LogP contribution in [0, 0.1) is 52.9 Å². The Kier molecular flexibility index (Phi) is 9.01. The van der Waals surface area contributed by atoms with Gasteiger partial charge in [-0.05, 0) is 152 Å². The lowest BCUT2D eigenvalue weighted by Crippen LogP contribution is -2.11. The average molecular weight is 814 g/mol. The van der Waals surface area contributed by atoms with E-state index in [1.165, 1.54) is 23.3 Å². The molecule has 0 bridgehead atoms. The van der Waals surface area contributed by atoms with E-state index >= 15 is 13.2 Å². The van der Waals surface area contributed by atoms with Crippen LogP contribution in [-0.2, 0) is 6.18 Å². The number of alkyl halides is 3. The number of para-hydroxylation sites is 2. The highest BCUT2D eigenvalue weighted by molar-refractivity contribution is 6.13. The summed E-state index contributed by atoms with van der Waals surface area (Å²) in [5.41, 5.74) is 16.1. The Morgan fingerprint density at radius 2 is 0.839 bits per heavy atom. The number of benzene rings is 8. The van der Waals surface area contributed by atoms with Crippen molar-refractivity contribution in [3.63, 3.8) is 0 Å². The summed E-state index contributed by atoms with van der Waals surface area (Å²) in [6.45, 7) is 12.7. The van der Waals surface area contributed by atoms with E-state index in [9.17, 15) is 5.26 Å². The molecule has 0 radical (unpaired) electrons. The zero-order chi connectivity index (χ0) is 43.2. The first-order valence-electron chi connectivity index (χ1n) is 20.8. The minimum Gasteiger partial charge on any atom is -0.309 e. The monoisotopic (exact) mass is 813 g/mol. The van der Waals surface area contributed by atoms with Gasteiger partial charge in [0, 0.05) is 27.1 Å². The summed E-state index contributed by atoms with van der Waals surface area (Å²) in [5, 5.41) is 13.9. The first kappa shape index (κ1) is 38.8. The standard InChI is InChI=1S/C56H42F3N3/c1-32-22-34(3)53(35(4)23-32)40-18-20-49-45(27-40)43-14-7-9-16-47(43)61(49)51-29-42(56(57,58)59)30-52(55(51)39-13-11-12-38(26-39)31-60)62-48-17-10-8-15-44(48)46-28-41(19-21-50(46)62)54-36(5)24-33(2)25-37(54)6/h7-30H,1-6H3. The topological polar surface area (TPSA) is 33.6 Å². The lowest BCUT2D eigenvalue weighted by Gasteiger charge is -2.23. The van der Waals surface area contributed by atoms with E-state index in [1.807, 2.05) is 75.9 Å². The summed E-state index contributed by atoms with van der Waals surface area (Å²) in [7, 11) is 0. The molecule has 8 aromatic carbocycles. The average Bonchev–Trinajstić information content (AvgIpc) is 3.74. The van der Waals surface area contributed by atoms with Crippen LogP contribution in [0.2, 0.25) is 0 Å². The third-order valence-corrected chi connectivity index (χ3v) is 12.5. The Labute approximate surface area is 358 Å². The SMILES string of the molecule is Cc1cc(C)c(-c2ccc3c(c2)c2ccccc2n3-c2cc(C(F)(F)F)cc(-n3c4ccccc4c4cc(-c5c(C)cc(C)cc5C)ccc43)c2-c2cccc(C#N)c2)c(C)c1. The van der Waals surface area contributed by atoms with Gasteiger partial charge in [-0.25, -0.2) is 0 Å². The molecular formula is C56H42F3N3. The van der Waals surface area contributed by atoms with Crippen LogP contribution in [0.5, 0.6) is 0 Å². The van der Waals surface area contributed by atoms with Gasteiger partial charge in [0.25, 0.3) is 0 Å². The van der Waals surface area contributed by atoms with Crippen molar-refractivity contribution in [1.82, 2.24) is 9.13 Å². The molecule has 0 aliphatic carbocycles. The van der Waals surface area contributed by atoms with Gasteiger partial charge in [0.05, 0.1) is 50.6 Å². The fraction of sp³-hybridized carbons (Fsp3) is 0.125. The Morgan fingerprint density at radius 1 is 0.419 bits per heavy atom. The van der Waals surface area contributed by atoms with E-state index in [4.69, 9.17) is 0 Å². The summed E-state index contributed by atoms with van der Waals surface area (Å²) in [5.74, 6) is 0. The van der Waals surface area contributed by atoms with Crippen LogP contribution < -0.4 is 0 Å². The Bertz CT molecular complexity index is 3290. The van der Waals surface area contributed by atoms with Gasteiger partial charge in [0.1, 0.15) is 0 Å². The number of halogens is 3. The lowest BCUT2D eigenvalue weighted by atomic mass is 9.93. The Morgan fingerprint density at radius 3 is 1.27 bits per heavy atom. The maximum Gasteiger partial charge on any atom is 0.416 e. The lowest BCUT2D eigenvalue weighted by molar-refractivity contribution is -0.137. The van der Waals surface area contributed by atoms with Gasteiger partial charge >= 0.3 is 6.18 Å². The molecular weight excluding hydrogens is 772 g/mol. The maximum absolute atomic E-state index is 15.6. The summed E-state index contributed by atoms with van der Waals surface area (Å²) < 4.78 is 50.7. The van der Waals surface area contributed by atoms with Crippen LogP contribution >= 0.6 is 0 Å². The molecule has 0 atom stereocenters. The molecule has 0 amide bonds.